The SMILES string of the molecule is O=[N+]([O-])c1ccc(Nc2ccccc2OCOc2ccccc2Nc2ccc([N+](=O)[O-])cc2[N+](=O)[O-])c([N+](=O)[O-])c1. The third-order valence-corrected chi connectivity index (χ3v) is 5.52. The van der Waals surface area contributed by atoms with E-state index in [-0.39, 0.29) is 29.7 Å². The van der Waals surface area contributed by atoms with Crippen LogP contribution >= 0.6 is 0 Å². The Morgan fingerprint density at radius 1 is 0.512 bits per heavy atom. The fourth-order valence-electron chi connectivity index (χ4n) is 3.62. The molecule has 4 rings (SSSR count). The zero-order chi connectivity index (χ0) is 29.5. The van der Waals surface area contributed by atoms with Crippen molar-refractivity contribution >= 4 is 45.5 Å². The fraction of sp³-hybridized carbons (Fsp3) is 0.0400. The number of nitro groups is 4. The topological polar surface area (TPSA) is 215 Å². The Kier molecular flexibility index (Phi) is 8.13. The van der Waals surface area contributed by atoms with Gasteiger partial charge in [0, 0.05) is 12.1 Å². The monoisotopic (exact) mass is 562 g/mol. The number of hydrogen-bond donors (Lipinski definition) is 2. The number of anilines is 4. The lowest BCUT2D eigenvalue weighted by Gasteiger charge is -2.16. The summed E-state index contributed by atoms with van der Waals surface area (Å²) in [5, 5.41) is 50.7. The first-order valence-corrected chi connectivity index (χ1v) is 11.5. The van der Waals surface area contributed by atoms with Gasteiger partial charge in [-0.2, -0.15) is 0 Å². The van der Waals surface area contributed by atoms with Crippen LogP contribution in [-0.2, 0) is 0 Å². The van der Waals surface area contributed by atoms with Gasteiger partial charge in [0.05, 0.1) is 43.2 Å². The quantitative estimate of drug-likeness (QED) is 0.112. The van der Waals surface area contributed by atoms with Crippen molar-refractivity contribution in [1.82, 2.24) is 0 Å². The Balaban J connectivity index is 1.50. The van der Waals surface area contributed by atoms with E-state index in [9.17, 15) is 40.5 Å². The number of benzene rings is 4. The first-order valence-electron chi connectivity index (χ1n) is 11.5. The minimum absolute atomic E-state index is 0.00296. The molecule has 0 radical (unpaired) electrons. The summed E-state index contributed by atoms with van der Waals surface area (Å²) in [4.78, 5) is 42.0. The van der Waals surface area contributed by atoms with Gasteiger partial charge in [0.15, 0.2) is 0 Å². The molecule has 4 aromatic carbocycles. The third-order valence-electron chi connectivity index (χ3n) is 5.52. The predicted octanol–water partition coefficient (Wildman–Crippen LogP) is 6.22. The van der Waals surface area contributed by atoms with Crippen LogP contribution in [0.2, 0.25) is 0 Å². The molecular weight excluding hydrogens is 544 g/mol. The van der Waals surface area contributed by atoms with Gasteiger partial charge in [0.2, 0.25) is 6.79 Å². The number of hydrogen-bond acceptors (Lipinski definition) is 12. The Labute approximate surface area is 229 Å². The number of rotatable bonds is 12. The van der Waals surface area contributed by atoms with E-state index in [2.05, 4.69) is 10.6 Å². The van der Waals surface area contributed by atoms with E-state index in [0.717, 1.165) is 24.3 Å². The van der Waals surface area contributed by atoms with E-state index < -0.39 is 42.4 Å². The van der Waals surface area contributed by atoms with Crippen LogP contribution in [-0.4, -0.2) is 26.5 Å². The van der Waals surface area contributed by atoms with Gasteiger partial charge in [-0.15, -0.1) is 0 Å². The molecule has 2 N–H and O–H groups in total. The second kappa shape index (κ2) is 12.0. The predicted molar refractivity (Wildman–Crippen MR) is 145 cm³/mol. The number of nitro benzene ring substituents is 4. The second-order valence-corrected chi connectivity index (χ2v) is 8.08. The maximum Gasteiger partial charge on any atom is 0.299 e. The van der Waals surface area contributed by atoms with Crippen molar-refractivity contribution in [2.45, 2.75) is 0 Å². The van der Waals surface area contributed by atoms with Gasteiger partial charge < -0.3 is 20.1 Å². The van der Waals surface area contributed by atoms with Crippen LogP contribution in [0.25, 0.3) is 0 Å². The molecule has 0 aliphatic heterocycles. The van der Waals surface area contributed by atoms with Crippen LogP contribution in [0.15, 0.2) is 84.9 Å². The van der Waals surface area contributed by atoms with Gasteiger partial charge in [0.1, 0.15) is 22.9 Å². The van der Waals surface area contributed by atoms with Crippen LogP contribution in [0.1, 0.15) is 0 Å². The van der Waals surface area contributed by atoms with E-state index in [0.29, 0.717) is 11.4 Å². The molecule has 0 saturated carbocycles. The summed E-state index contributed by atoms with van der Waals surface area (Å²) < 4.78 is 11.4. The lowest BCUT2D eigenvalue weighted by atomic mass is 10.2. The molecule has 0 aromatic heterocycles. The first kappa shape index (κ1) is 27.7. The zero-order valence-corrected chi connectivity index (χ0v) is 20.7. The van der Waals surface area contributed by atoms with Crippen LogP contribution in [0.5, 0.6) is 11.5 Å². The molecule has 0 bridgehead atoms. The van der Waals surface area contributed by atoms with Crippen molar-refractivity contribution in [3.05, 3.63) is 125 Å². The summed E-state index contributed by atoms with van der Waals surface area (Å²) in [6.07, 6.45) is 0. The van der Waals surface area contributed by atoms with Gasteiger partial charge in [0.25, 0.3) is 22.7 Å². The minimum Gasteiger partial charge on any atom is -0.455 e. The van der Waals surface area contributed by atoms with Crippen molar-refractivity contribution < 1.29 is 29.2 Å². The van der Waals surface area contributed by atoms with Gasteiger partial charge in [-0.1, -0.05) is 24.3 Å². The molecule has 16 heteroatoms. The largest absolute Gasteiger partial charge is 0.455 e. The summed E-state index contributed by atoms with van der Waals surface area (Å²) in [5.41, 5.74) is -1.29. The van der Waals surface area contributed by atoms with Gasteiger partial charge in [-0.25, -0.2) is 0 Å². The Hall–Kier alpha value is -6.32. The number of para-hydroxylation sites is 4. The Morgan fingerprint density at radius 2 is 0.902 bits per heavy atom. The molecule has 208 valence electrons. The van der Waals surface area contributed by atoms with Crippen LogP contribution in [0.3, 0.4) is 0 Å². The smallest absolute Gasteiger partial charge is 0.299 e. The van der Waals surface area contributed by atoms with Crippen LogP contribution < -0.4 is 20.1 Å². The van der Waals surface area contributed by atoms with E-state index in [1.54, 1.807) is 48.5 Å². The molecule has 0 spiro atoms. The summed E-state index contributed by atoms with van der Waals surface area (Å²) in [7, 11) is 0. The molecule has 0 aliphatic carbocycles. The van der Waals surface area contributed by atoms with Gasteiger partial charge >= 0.3 is 0 Å². The molecule has 0 unspecified atom stereocenters. The standard InChI is InChI=1S/C25H18N6O10/c32-28(33)16-9-11-18(22(13-16)30(36)37)26-20-5-1-3-7-24(20)40-15-41-25-8-4-2-6-21(25)27-19-12-10-17(29(34)35)14-23(19)31(38)39/h1-14,26-27H,15H2. The molecule has 0 aliphatic rings. The average molecular weight is 562 g/mol. The number of nitrogens with one attached hydrogen (secondary N) is 2. The van der Waals surface area contributed by atoms with E-state index in [1.807, 2.05) is 0 Å². The molecule has 41 heavy (non-hydrogen) atoms. The molecule has 0 fully saturated rings. The lowest BCUT2D eigenvalue weighted by molar-refractivity contribution is -0.393. The second-order valence-electron chi connectivity index (χ2n) is 8.08. The van der Waals surface area contributed by atoms with E-state index in [1.165, 1.54) is 12.1 Å². The van der Waals surface area contributed by atoms with Crippen molar-refractivity contribution in [1.29, 1.82) is 0 Å². The molecule has 0 amide bonds. The number of ether oxygens (including phenoxy) is 2. The minimum atomic E-state index is -0.749. The molecule has 0 atom stereocenters. The Morgan fingerprint density at radius 3 is 1.27 bits per heavy atom. The van der Waals surface area contributed by atoms with Gasteiger partial charge in [-0.05, 0) is 36.4 Å². The highest BCUT2D eigenvalue weighted by molar-refractivity contribution is 5.75. The van der Waals surface area contributed by atoms with Crippen LogP contribution in [0.4, 0.5) is 45.5 Å². The van der Waals surface area contributed by atoms with Crippen molar-refractivity contribution in [3.63, 3.8) is 0 Å². The normalized spacial score (nSPS) is 10.3. The maximum atomic E-state index is 11.5. The highest BCUT2D eigenvalue weighted by Gasteiger charge is 2.22. The first-order chi connectivity index (χ1) is 19.6. The van der Waals surface area contributed by atoms with Crippen molar-refractivity contribution in [2.24, 2.45) is 0 Å². The highest BCUT2D eigenvalue weighted by Crippen LogP contribution is 2.36. The molecule has 4 aromatic rings. The summed E-state index contributed by atoms with van der Waals surface area (Å²) in [5.74, 6) is 0.466. The van der Waals surface area contributed by atoms with E-state index in [4.69, 9.17) is 9.47 Å². The molecule has 16 nitrogen and oxygen atoms in total. The molecule has 0 heterocycles. The summed E-state index contributed by atoms with van der Waals surface area (Å²) >= 11 is 0. The highest BCUT2D eigenvalue weighted by atomic mass is 16.7. The average Bonchev–Trinajstić information content (AvgIpc) is 2.94. The van der Waals surface area contributed by atoms with Crippen molar-refractivity contribution in [3.8, 4) is 11.5 Å². The molecular formula is C25H18N6O10. The summed E-state index contributed by atoms with van der Waals surface area (Å²) in [6.45, 7) is -0.359. The number of nitrogens with zero attached hydrogens (tertiary/aromatic N) is 4. The number of non-ortho nitro benzene ring substituents is 2. The lowest BCUT2D eigenvalue weighted by Crippen LogP contribution is -2.09. The maximum absolute atomic E-state index is 11.5. The van der Waals surface area contributed by atoms with E-state index >= 15 is 0 Å². The fourth-order valence-corrected chi connectivity index (χ4v) is 3.62. The molecule has 0 saturated heterocycles. The third kappa shape index (κ3) is 6.58. The summed E-state index contributed by atoms with van der Waals surface area (Å²) in [6, 6.07) is 19.2. The van der Waals surface area contributed by atoms with Gasteiger partial charge in [-0.3, -0.25) is 40.5 Å². The Bertz CT molecular complexity index is 1540. The zero-order valence-electron chi connectivity index (χ0n) is 20.7. The van der Waals surface area contributed by atoms with Crippen molar-refractivity contribution in [2.75, 3.05) is 17.4 Å². The van der Waals surface area contributed by atoms with Crippen LogP contribution in [0, 0.1) is 40.5 Å².